The van der Waals surface area contributed by atoms with Gasteiger partial charge in [-0.3, -0.25) is 13.9 Å². The van der Waals surface area contributed by atoms with Crippen LogP contribution in [0.3, 0.4) is 0 Å². The molecule has 51 heavy (non-hydrogen) atoms. The minimum Gasteiger partial charge on any atom is -0.493 e. The van der Waals surface area contributed by atoms with Crippen molar-refractivity contribution in [3.63, 3.8) is 0 Å². The van der Waals surface area contributed by atoms with E-state index in [2.05, 4.69) is 5.32 Å². The van der Waals surface area contributed by atoms with Crippen LogP contribution in [0.5, 0.6) is 11.5 Å². The molecule has 13 heteroatoms. The molecule has 0 aromatic heterocycles. The fraction of sp³-hybridized carbons (Fsp3) is 0.316. The molecule has 1 aliphatic carbocycles. The minimum absolute atomic E-state index is 0.0419. The summed E-state index contributed by atoms with van der Waals surface area (Å²) in [6.07, 6.45) is 4.88. The Balaban J connectivity index is 1.59. The van der Waals surface area contributed by atoms with Crippen LogP contribution in [-0.4, -0.2) is 58.0 Å². The van der Waals surface area contributed by atoms with Crippen molar-refractivity contribution in [2.75, 3.05) is 25.1 Å². The van der Waals surface area contributed by atoms with Crippen molar-refractivity contribution >= 4 is 50.7 Å². The molecule has 5 rings (SSSR count). The van der Waals surface area contributed by atoms with E-state index in [4.69, 9.17) is 32.7 Å². The standard InChI is InChI=1S/C38H40Cl2FN3O6S/c1-49-35-20-18-31(23-36(35)50-2)51(47,48)44(30-16-14-28(41)15-17-30)25-37(45)43(24-27-13-19-32(39)33(40)21-27)34(22-26-9-5-3-6-10-26)38(46)42-29-11-7-4-8-12-29/h3,5-6,9-10,13-21,23,29,34H,4,7-8,11-12,22,24-25H2,1-2H3,(H,42,46). The highest BCUT2D eigenvalue weighted by atomic mass is 35.5. The molecular weight excluding hydrogens is 716 g/mol. The maximum atomic E-state index is 14.7. The summed E-state index contributed by atoms with van der Waals surface area (Å²) >= 11 is 12.6. The van der Waals surface area contributed by atoms with Gasteiger partial charge in [-0.2, -0.15) is 0 Å². The third-order valence-corrected chi connectivity index (χ3v) is 11.4. The molecule has 270 valence electrons. The van der Waals surface area contributed by atoms with Gasteiger partial charge in [0.25, 0.3) is 10.0 Å². The number of carbonyl (C=O) groups is 2. The van der Waals surface area contributed by atoms with Crippen LogP contribution in [0.2, 0.25) is 10.0 Å². The molecule has 1 N–H and O–H groups in total. The van der Waals surface area contributed by atoms with E-state index in [-0.39, 0.29) is 46.3 Å². The predicted octanol–water partition coefficient (Wildman–Crippen LogP) is 7.43. The Kier molecular flexibility index (Phi) is 12.8. The molecule has 1 saturated carbocycles. The third-order valence-electron chi connectivity index (χ3n) is 8.90. The van der Waals surface area contributed by atoms with Crippen LogP contribution in [0.4, 0.5) is 10.1 Å². The molecule has 1 aliphatic rings. The van der Waals surface area contributed by atoms with E-state index in [0.717, 1.165) is 54.1 Å². The zero-order valence-electron chi connectivity index (χ0n) is 28.4. The lowest BCUT2D eigenvalue weighted by atomic mass is 9.94. The summed E-state index contributed by atoms with van der Waals surface area (Å²) in [4.78, 5) is 30.2. The predicted molar refractivity (Wildman–Crippen MR) is 196 cm³/mol. The van der Waals surface area contributed by atoms with Gasteiger partial charge in [-0.1, -0.05) is 78.9 Å². The number of amides is 2. The van der Waals surface area contributed by atoms with E-state index in [1.165, 1.54) is 49.5 Å². The normalized spacial score (nSPS) is 14.0. The van der Waals surface area contributed by atoms with Crippen molar-refractivity contribution in [2.45, 2.75) is 62.0 Å². The van der Waals surface area contributed by atoms with Gasteiger partial charge in [0.2, 0.25) is 11.8 Å². The summed E-state index contributed by atoms with van der Waals surface area (Å²) < 4.78 is 54.4. The molecule has 0 heterocycles. The first-order chi connectivity index (χ1) is 24.5. The molecule has 1 atom stereocenters. The van der Waals surface area contributed by atoms with Gasteiger partial charge >= 0.3 is 0 Å². The second-order valence-corrected chi connectivity index (χ2v) is 15.0. The first-order valence-electron chi connectivity index (χ1n) is 16.6. The first kappa shape index (κ1) is 37.9. The number of methoxy groups -OCH3 is 2. The lowest BCUT2D eigenvalue weighted by Gasteiger charge is -2.35. The quantitative estimate of drug-likeness (QED) is 0.144. The van der Waals surface area contributed by atoms with Gasteiger partial charge in [-0.25, -0.2) is 12.8 Å². The van der Waals surface area contributed by atoms with Gasteiger partial charge in [0.1, 0.15) is 18.4 Å². The lowest BCUT2D eigenvalue weighted by Crippen LogP contribution is -2.55. The fourth-order valence-corrected chi connectivity index (χ4v) is 7.92. The minimum atomic E-state index is -4.48. The highest BCUT2D eigenvalue weighted by molar-refractivity contribution is 7.92. The average molecular weight is 757 g/mol. The number of hydrogen-bond acceptors (Lipinski definition) is 6. The van der Waals surface area contributed by atoms with E-state index < -0.39 is 34.3 Å². The van der Waals surface area contributed by atoms with Crippen molar-refractivity contribution in [1.82, 2.24) is 10.2 Å². The Morgan fingerprint density at radius 3 is 2.18 bits per heavy atom. The molecule has 2 amide bonds. The SMILES string of the molecule is COc1ccc(S(=O)(=O)N(CC(=O)N(Cc2ccc(Cl)c(Cl)c2)C(Cc2ccccc2)C(=O)NC2CCCCC2)c2ccc(F)cc2)cc1OC. The van der Waals surface area contributed by atoms with E-state index in [1.54, 1.807) is 18.2 Å². The van der Waals surface area contributed by atoms with Crippen molar-refractivity contribution in [1.29, 1.82) is 0 Å². The van der Waals surface area contributed by atoms with Crippen molar-refractivity contribution in [3.05, 3.63) is 118 Å². The molecule has 1 fully saturated rings. The van der Waals surface area contributed by atoms with Crippen LogP contribution < -0.4 is 19.1 Å². The summed E-state index contributed by atoms with van der Waals surface area (Å²) in [5, 5.41) is 3.75. The Labute approximate surface area is 308 Å². The van der Waals surface area contributed by atoms with Gasteiger partial charge in [0, 0.05) is 25.1 Å². The number of sulfonamides is 1. The number of halogens is 3. The number of nitrogens with one attached hydrogen (secondary N) is 1. The third kappa shape index (κ3) is 9.52. The molecule has 1 unspecified atom stereocenters. The zero-order chi connectivity index (χ0) is 36.5. The topological polar surface area (TPSA) is 105 Å². The van der Waals surface area contributed by atoms with Crippen LogP contribution in [0.1, 0.15) is 43.2 Å². The fourth-order valence-electron chi connectivity index (χ4n) is 6.17. The molecule has 4 aromatic carbocycles. The second kappa shape index (κ2) is 17.3. The molecule has 0 spiro atoms. The molecule has 0 saturated heterocycles. The number of benzene rings is 4. The van der Waals surface area contributed by atoms with Crippen LogP contribution >= 0.6 is 23.2 Å². The Bertz CT molecular complexity index is 1930. The summed E-state index contributed by atoms with van der Waals surface area (Å²) in [5.41, 5.74) is 1.43. The van der Waals surface area contributed by atoms with Crippen LogP contribution in [0.25, 0.3) is 0 Å². The van der Waals surface area contributed by atoms with E-state index >= 15 is 0 Å². The van der Waals surface area contributed by atoms with Gasteiger partial charge in [-0.15, -0.1) is 0 Å². The Morgan fingerprint density at radius 1 is 0.843 bits per heavy atom. The number of hydrogen-bond donors (Lipinski definition) is 1. The van der Waals surface area contributed by atoms with E-state index in [1.807, 2.05) is 30.3 Å². The maximum Gasteiger partial charge on any atom is 0.264 e. The summed E-state index contributed by atoms with van der Waals surface area (Å²) in [6, 6.07) is 22.0. The molecular formula is C38H40Cl2FN3O6S. The van der Waals surface area contributed by atoms with Crippen molar-refractivity contribution in [2.24, 2.45) is 0 Å². The Morgan fingerprint density at radius 2 is 1.53 bits per heavy atom. The molecule has 0 bridgehead atoms. The highest BCUT2D eigenvalue weighted by Gasteiger charge is 2.36. The monoisotopic (exact) mass is 755 g/mol. The molecule has 0 radical (unpaired) electrons. The zero-order valence-corrected chi connectivity index (χ0v) is 30.7. The van der Waals surface area contributed by atoms with E-state index in [9.17, 15) is 22.4 Å². The maximum absolute atomic E-state index is 14.7. The van der Waals surface area contributed by atoms with Gasteiger partial charge in [0.15, 0.2) is 11.5 Å². The summed E-state index contributed by atoms with van der Waals surface area (Å²) in [6.45, 7) is -0.801. The molecule has 0 aliphatic heterocycles. The summed E-state index contributed by atoms with van der Waals surface area (Å²) in [7, 11) is -1.68. The molecule has 9 nitrogen and oxygen atoms in total. The average Bonchev–Trinajstić information content (AvgIpc) is 3.14. The van der Waals surface area contributed by atoms with Gasteiger partial charge < -0.3 is 19.7 Å². The summed E-state index contributed by atoms with van der Waals surface area (Å²) in [5.74, 6) is -1.14. The van der Waals surface area contributed by atoms with Gasteiger partial charge in [-0.05, 0) is 72.5 Å². The Hall–Kier alpha value is -4.32. The first-order valence-corrected chi connectivity index (χ1v) is 18.8. The van der Waals surface area contributed by atoms with Crippen LogP contribution in [-0.2, 0) is 32.6 Å². The van der Waals surface area contributed by atoms with E-state index in [0.29, 0.717) is 16.3 Å². The highest BCUT2D eigenvalue weighted by Crippen LogP contribution is 2.33. The number of ether oxygens (including phenoxy) is 2. The van der Waals surface area contributed by atoms with Crippen molar-refractivity contribution < 1.29 is 31.9 Å². The molecule has 4 aromatic rings. The second-order valence-electron chi connectivity index (χ2n) is 12.3. The van der Waals surface area contributed by atoms with Crippen molar-refractivity contribution in [3.8, 4) is 11.5 Å². The largest absolute Gasteiger partial charge is 0.493 e. The number of anilines is 1. The number of rotatable bonds is 14. The van der Waals surface area contributed by atoms with Gasteiger partial charge in [0.05, 0.1) is 34.8 Å². The number of carbonyl (C=O) groups excluding carboxylic acids is 2. The lowest BCUT2D eigenvalue weighted by molar-refractivity contribution is -0.140. The smallest absolute Gasteiger partial charge is 0.264 e. The van der Waals surface area contributed by atoms with Crippen LogP contribution in [0.15, 0.2) is 95.9 Å². The number of nitrogens with zero attached hydrogens (tertiary/aromatic N) is 2. The van der Waals surface area contributed by atoms with Crippen LogP contribution in [0, 0.1) is 5.82 Å².